The molecule has 7 heteroatoms. The third-order valence-corrected chi connectivity index (χ3v) is 3.91. The van der Waals surface area contributed by atoms with Crippen LogP contribution in [0.1, 0.15) is 17.0 Å². The Bertz CT molecular complexity index is 945. The normalized spacial score (nSPS) is 11.7. The molecule has 3 rings (SSSR count). The van der Waals surface area contributed by atoms with Gasteiger partial charge in [0.15, 0.2) is 0 Å². The first-order valence-electron chi connectivity index (χ1n) is 7.56. The molecule has 0 aliphatic heterocycles. The monoisotopic (exact) mass is 348 g/mol. The lowest BCUT2D eigenvalue weighted by Crippen LogP contribution is -2.22. The number of hydrogen-bond donors (Lipinski definition) is 0. The number of alkyl halides is 3. The van der Waals surface area contributed by atoms with E-state index in [9.17, 15) is 18.0 Å². The van der Waals surface area contributed by atoms with E-state index in [1.807, 2.05) is 13.8 Å². The molecular formula is C18H15F3N2O2. The summed E-state index contributed by atoms with van der Waals surface area (Å²) in [4.78, 5) is 15.8. The van der Waals surface area contributed by atoms with Crippen molar-refractivity contribution in [2.75, 3.05) is 0 Å². The van der Waals surface area contributed by atoms with Crippen LogP contribution in [0, 0.1) is 13.8 Å². The number of benzene rings is 2. The first kappa shape index (κ1) is 17.0. The van der Waals surface area contributed by atoms with E-state index in [0.717, 1.165) is 15.7 Å². The van der Waals surface area contributed by atoms with Gasteiger partial charge in [0.1, 0.15) is 12.3 Å². The molecule has 0 N–H and O–H groups in total. The fourth-order valence-electron chi connectivity index (χ4n) is 2.52. The molecule has 1 heterocycles. The molecule has 3 aromatic rings. The summed E-state index contributed by atoms with van der Waals surface area (Å²) in [5.41, 5.74) is 2.36. The van der Waals surface area contributed by atoms with Crippen LogP contribution in [0.25, 0.3) is 11.0 Å². The van der Waals surface area contributed by atoms with E-state index >= 15 is 0 Å². The molecule has 1 aromatic heterocycles. The average Bonchev–Trinajstić information content (AvgIpc) is 2.90. The summed E-state index contributed by atoms with van der Waals surface area (Å²) in [6, 6.07) is 11.2. The molecule has 0 atom stereocenters. The number of hydrogen-bond acceptors (Lipinski definition) is 3. The van der Waals surface area contributed by atoms with Gasteiger partial charge < -0.3 is 9.30 Å². The summed E-state index contributed by atoms with van der Waals surface area (Å²) in [5.74, 6) is -1.62. The molecule has 25 heavy (non-hydrogen) atoms. The van der Waals surface area contributed by atoms with Crippen molar-refractivity contribution in [3.05, 3.63) is 59.4 Å². The van der Waals surface area contributed by atoms with Crippen molar-refractivity contribution >= 4 is 17.0 Å². The summed E-state index contributed by atoms with van der Waals surface area (Å²) in [6.07, 6.45) is -4.67. The van der Waals surface area contributed by atoms with Gasteiger partial charge in [-0.25, -0.2) is 9.78 Å². The highest BCUT2D eigenvalue weighted by molar-refractivity contribution is 5.79. The van der Waals surface area contributed by atoms with Crippen LogP contribution >= 0.6 is 0 Å². The van der Waals surface area contributed by atoms with Crippen molar-refractivity contribution in [3.8, 4) is 5.75 Å². The predicted octanol–water partition coefficient (Wildman–Crippen LogP) is 4.28. The quantitative estimate of drug-likeness (QED) is 0.524. The van der Waals surface area contributed by atoms with Crippen molar-refractivity contribution in [1.82, 2.24) is 9.55 Å². The molecule has 130 valence electrons. The highest BCUT2D eigenvalue weighted by atomic mass is 19.4. The number of rotatable bonds is 3. The summed E-state index contributed by atoms with van der Waals surface area (Å²) in [5, 5.41) is 0. The van der Waals surface area contributed by atoms with Crippen LogP contribution in [0.3, 0.4) is 0 Å². The zero-order valence-electron chi connectivity index (χ0n) is 13.6. The highest BCUT2D eigenvalue weighted by Gasteiger charge is 2.38. The number of halogens is 3. The number of fused-ring (bicyclic) bond motifs is 1. The number of imidazole rings is 1. The second kappa shape index (κ2) is 6.23. The van der Waals surface area contributed by atoms with Gasteiger partial charge in [0, 0.05) is 0 Å². The van der Waals surface area contributed by atoms with E-state index in [-0.39, 0.29) is 11.0 Å². The van der Waals surface area contributed by atoms with E-state index in [2.05, 4.69) is 4.98 Å². The number of nitrogens with zero attached hydrogens (tertiary/aromatic N) is 2. The summed E-state index contributed by atoms with van der Waals surface area (Å²) >= 11 is 0. The summed E-state index contributed by atoms with van der Waals surface area (Å²) < 4.78 is 45.7. The highest BCUT2D eigenvalue weighted by Crippen LogP contribution is 2.31. The lowest BCUT2D eigenvalue weighted by molar-refractivity contribution is -0.148. The van der Waals surface area contributed by atoms with Gasteiger partial charge in [-0.1, -0.05) is 18.2 Å². The largest absolute Gasteiger partial charge is 0.449 e. The van der Waals surface area contributed by atoms with Crippen LogP contribution in [0.5, 0.6) is 5.75 Å². The minimum absolute atomic E-state index is 0.175. The molecule has 0 amide bonds. The van der Waals surface area contributed by atoms with E-state index < -0.39 is 24.5 Å². The first-order valence-corrected chi connectivity index (χ1v) is 7.56. The van der Waals surface area contributed by atoms with Crippen LogP contribution < -0.4 is 4.74 Å². The van der Waals surface area contributed by atoms with E-state index in [1.54, 1.807) is 30.3 Å². The SMILES string of the molecule is Cc1ccc(OC(=O)Cn2c(C(F)(F)F)nc3ccccc32)cc1C. The third kappa shape index (κ3) is 3.50. The Kier molecular flexibility index (Phi) is 4.24. The van der Waals surface area contributed by atoms with Gasteiger partial charge in [-0.3, -0.25) is 0 Å². The molecule has 0 unspecified atom stereocenters. The molecule has 0 saturated heterocycles. The summed E-state index contributed by atoms with van der Waals surface area (Å²) in [6.45, 7) is 3.19. The Hall–Kier alpha value is -2.83. The van der Waals surface area contributed by atoms with Crippen LogP contribution in [0.15, 0.2) is 42.5 Å². The van der Waals surface area contributed by atoms with E-state index in [4.69, 9.17) is 4.74 Å². The van der Waals surface area contributed by atoms with Gasteiger partial charge in [-0.15, -0.1) is 0 Å². The van der Waals surface area contributed by atoms with Gasteiger partial charge in [0.25, 0.3) is 0 Å². The molecular weight excluding hydrogens is 333 g/mol. The second-order valence-electron chi connectivity index (χ2n) is 5.73. The molecule has 0 radical (unpaired) electrons. The van der Waals surface area contributed by atoms with Crippen LogP contribution in [-0.4, -0.2) is 15.5 Å². The van der Waals surface area contributed by atoms with Crippen molar-refractivity contribution in [2.24, 2.45) is 0 Å². The van der Waals surface area contributed by atoms with Crippen LogP contribution in [0.2, 0.25) is 0 Å². The minimum atomic E-state index is -4.67. The molecule has 0 aliphatic carbocycles. The number of para-hydroxylation sites is 2. The average molecular weight is 348 g/mol. The Labute approximate surface area is 141 Å². The van der Waals surface area contributed by atoms with Crippen LogP contribution in [-0.2, 0) is 17.5 Å². The number of carbonyl (C=O) groups is 1. The van der Waals surface area contributed by atoms with Crippen LogP contribution in [0.4, 0.5) is 13.2 Å². The topological polar surface area (TPSA) is 44.1 Å². The molecule has 0 bridgehead atoms. The maximum Gasteiger partial charge on any atom is 0.449 e. The maximum atomic E-state index is 13.2. The number of carbonyl (C=O) groups excluding carboxylic acids is 1. The number of ether oxygens (including phenoxy) is 1. The van der Waals surface area contributed by atoms with Gasteiger partial charge >= 0.3 is 12.1 Å². The van der Waals surface area contributed by atoms with Crippen molar-refractivity contribution in [3.63, 3.8) is 0 Å². The lowest BCUT2D eigenvalue weighted by atomic mass is 10.1. The molecule has 2 aromatic carbocycles. The molecule has 0 spiro atoms. The number of aryl methyl sites for hydroxylation is 2. The Balaban J connectivity index is 1.91. The third-order valence-electron chi connectivity index (χ3n) is 3.91. The minimum Gasteiger partial charge on any atom is -0.425 e. The van der Waals surface area contributed by atoms with Crippen molar-refractivity contribution < 1.29 is 22.7 Å². The lowest BCUT2D eigenvalue weighted by Gasteiger charge is -2.11. The Morgan fingerprint density at radius 2 is 1.84 bits per heavy atom. The fraction of sp³-hybridized carbons (Fsp3) is 0.222. The van der Waals surface area contributed by atoms with E-state index in [0.29, 0.717) is 5.75 Å². The van der Waals surface area contributed by atoms with Gasteiger partial charge in [-0.2, -0.15) is 13.2 Å². The van der Waals surface area contributed by atoms with E-state index in [1.165, 1.54) is 12.1 Å². The number of esters is 1. The first-order chi connectivity index (χ1) is 11.8. The zero-order valence-corrected chi connectivity index (χ0v) is 13.6. The van der Waals surface area contributed by atoms with Crippen molar-refractivity contribution in [1.29, 1.82) is 0 Å². The smallest absolute Gasteiger partial charge is 0.425 e. The Morgan fingerprint density at radius 1 is 1.12 bits per heavy atom. The van der Waals surface area contributed by atoms with Crippen molar-refractivity contribution in [2.45, 2.75) is 26.6 Å². The molecule has 0 fully saturated rings. The second-order valence-corrected chi connectivity index (χ2v) is 5.73. The molecule has 0 aliphatic rings. The predicted molar refractivity (Wildman–Crippen MR) is 86.3 cm³/mol. The Morgan fingerprint density at radius 3 is 2.52 bits per heavy atom. The number of aromatic nitrogens is 2. The van der Waals surface area contributed by atoms with Gasteiger partial charge in [-0.05, 0) is 49.2 Å². The molecule has 0 saturated carbocycles. The van der Waals surface area contributed by atoms with Gasteiger partial charge in [0.05, 0.1) is 11.0 Å². The van der Waals surface area contributed by atoms with Gasteiger partial charge in [0.2, 0.25) is 5.82 Å². The zero-order chi connectivity index (χ0) is 18.2. The fourth-order valence-corrected chi connectivity index (χ4v) is 2.52. The summed E-state index contributed by atoms with van der Waals surface area (Å²) in [7, 11) is 0. The standard InChI is InChI=1S/C18H15F3N2O2/c1-11-7-8-13(9-12(11)2)25-16(24)10-23-15-6-4-3-5-14(15)22-17(23)18(19,20)21/h3-9H,10H2,1-2H3. The maximum absolute atomic E-state index is 13.2. The molecule has 4 nitrogen and oxygen atoms in total.